The van der Waals surface area contributed by atoms with Crippen molar-refractivity contribution in [3.8, 4) is 0 Å². The molecule has 1 aliphatic rings. The van der Waals surface area contributed by atoms with Crippen molar-refractivity contribution in [3.63, 3.8) is 0 Å². The first-order chi connectivity index (χ1) is 9.74. The molecule has 0 radical (unpaired) electrons. The van der Waals surface area contributed by atoms with E-state index in [0.717, 1.165) is 16.4 Å². The normalized spacial score (nSPS) is 18.1. The van der Waals surface area contributed by atoms with Crippen LogP contribution < -0.4 is 0 Å². The molecule has 1 atom stereocenters. The Bertz CT molecular complexity index is 549. The average Bonchev–Trinajstić information content (AvgIpc) is 2.94. The zero-order valence-corrected chi connectivity index (χ0v) is 12.8. The van der Waals surface area contributed by atoms with Gasteiger partial charge in [0.1, 0.15) is 6.10 Å². The Balaban J connectivity index is 1.75. The summed E-state index contributed by atoms with van der Waals surface area (Å²) in [5.41, 5.74) is 2.45. The van der Waals surface area contributed by atoms with Gasteiger partial charge in [0.25, 0.3) is 0 Å². The molecule has 1 aliphatic carbocycles. The maximum Gasteiger partial charge on any atom is 0.113 e. The second-order valence-electron chi connectivity index (χ2n) is 5.85. The summed E-state index contributed by atoms with van der Waals surface area (Å²) in [4.78, 5) is 2.28. The van der Waals surface area contributed by atoms with E-state index in [1.54, 1.807) is 11.3 Å². The highest BCUT2D eigenvalue weighted by Crippen LogP contribution is 2.34. The van der Waals surface area contributed by atoms with Gasteiger partial charge in [-0.3, -0.25) is 0 Å². The fraction of sp³-hybridized carbons (Fsp3) is 0.444. The van der Waals surface area contributed by atoms with Crippen LogP contribution in [-0.4, -0.2) is 5.11 Å². The smallest absolute Gasteiger partial charge is 0.113 e. The molecular weight excluding hydrogens is 264 g/mol. The van der Waals surface area contributed by atoms with Crippen LogP contribution in [0.1, 0.15) is 65.0 Å². The van der Waals surface area contributed by atoms with Gasteiger partial charge in [-0.25, -0.2) is 0 Å². The van der Waals surface area contributed by atoms with Crippen molar-refractivity contribution in [2.45, 2.75) is 51.0 Å². The molecule has 3 rings (SSSR count). The minimum absolute atomic E-state index is 0.478. The van der Waals surface area contributed by atoms with Crippen molar-refractivity contribution in [1.29, 1.82) is 0 Å². The highest BCUT2D eigenvalue weighted by atomic mass is 32.1. The molecule has 0 spiro atoms. The molecular formula is C18H22OS. The lowest BCUT2D eigenvalue weighted by Crippen LogP contribution is -2.05. The molecule has 106 valence electrons. The predicted octanol–water partition coefficient (Wildman–Crippen LogP) is 5.19. The van der Waals surface area contributed by atoms with E-state index in [0.29, 0.717) is 0 Å². The Hall–Kier alpha value is -1.12. The van der Waals surface area contributed by atoms with E-state index in [-0.39, 0.29) is 0 Å². The molecule has 1 N–H and O–H groups in total. The third-order valence-corrected chi connectivity index (χ3v) is 5.41. The summed E-state index contributed by atoms with van der Waals surface area (Å²) in [5.74, 6) is 0.735. The minimum atomic E-state index is -0.478. The van der Waals surface area contributed by atoms with E-state index >= 15 is 0 Å². The van der Waals surface area contributed by atoms with Gasteiger partial charge >= 0.3 is 0 Å². The van der Waals surface area contributed by atoms with E-state index in [9.17, 15) is 5.11 Å². The van der Waals surface area contributed by atoms with Crippen molar-refractivity contribution < 1.29 is 5.11 Å². The highest BCUT2D eigenvalue weighted by Gasteiger charge is 2.17. The molecule has 0 aliphatic heterocycles. The van der Waals surface area contributed by atoms with E-state index in [1.807, 2.05) is 6.07 Å². The Morgan fingerprint density at radius 1 is 1.00 bits per heavy atom. The molecule has 0 bridgehead atoms. The number of thiophene rings is 1. The van der Waals surface area contributed by atoms with Crippen molar-refractivity contribution in [2.75, 3.05) is 0 Å². The van der Waals surface area contributed by atoms with Crippen LogP contribution in [0.5, 0.6) is 0 Å². The minimum Gasteiger partial charge on any atom is -0.383 e. The summed E-state index contributed by atoms with van der Waals surface area (Å²) in [6.45, 7) is 2.08. The van der Waals surface area contributed by atoms with Crippen LogP contribution in [0.4, 0.5) is 0 Å². The first kappa shape index (κ1) is 13.8. The molecule has 20 heavy (non-hydrogen) atoms. The number of hydrogen-bond donors (Lipinski definition) is 1. The zero-order valence-electron chi connectivity index (χ0n) is 12.0. The molecule has 1 nitrogen and oxygen atoms in total. The third kappa shape index (κ3) is 2.97. The van der Waals surface area contributed by atoms with E-state index in [4.69, 9.17) is 0 Å². The largest absolute Gasteiger partial charge is 0.383 e. The number of benzene rings is 1. The number of aliphatic hydroxyl groups is 1. The molecule has 1 fully saturated rings. The standard InChI is InChI=1S/C18H22OS/c1-13-7-12-17(20-13)18(19)16-10-8-15(9-11-16)14-5-3-2-4-6-14/h7-12,14,18-19H,2-6H2,1H3. The maximum atomic E-state index is 10.4. The summed E-state index contributed by atoms with van der Waals surface area (Å²) >= 11 is 1.67. The van der Waals surface area contributed by atoms with Gasteiger partial charge in [0, 0.05) is 9.75 Å². The van der Waals surface area contributed by atoms with Gasteiger partial charge in [0.2, 0.25) is 0 Å². The lowest BCUT2D eigenvalue weighted by Gasteiger charge is -2.22. The Kier molecular flexibility index (Phi) is 4.23. The highest BCUT2D eigenvalue weighted by molar-refractivity contribution is 7.12. The molecule has 2 aromatic rings. The Morgan fingerprint density at radius 3 is 2.30 bits per heavy atom. The summed E-state index contributed by atoms with van der Waals surface area (Å²) in [6.07, 6.45) is 6.30. The van der Waals surface area contributed by atoms with Crippen LogP contribution in [-0.2, 0) is 0 Å². The number of aryl methyl sites for hydroxylation is 1. The summed E-state index contributed by atoms with van der Waals surface area (Å²) in [5, 5.41) is 10.4. The van der Waals surface area contributed by atoms with Crippen molar-refractivity contribution in [3.05, 3.63) is 57.3 Å². The number of aliphatic hydroxyl groups excluding tert-OH is 1. The predicted molar refractivity (Wildman–Crippen MR) is 85.4 cm³/mol. The lowest BCUT2D eigenvalue weighted by atomic mass is 9.84. The van der Waals surface area contributed by atoms with Crippen molar-refractivity contribution in [2.24, 2.45) is 0 Å². The van der Waals surface area contributed by atoms with Gasteiger partial charge in [-0.05, 0) is 48.9 Å². The van der Waals surface area contributed by atoms with Crippen LogP contribution >= 0.6 is 11.3 Å². The molecule has 0 saturated heterocycles. The maximum absolute atomic E-state index is 10.4. The van der Waals surface area contributed by atoms with Crippen LogP contribution in [0.15, 0.2) is 36.4 Å². The molecule has 1 saturated carbocycles. The van der Waals surface area contributed by atoms with Gasteiger partial charge in [-0.2, -0.15) is 0 Å². The van der Waals surface area contributed by atoms with Gasteiger partial charge in [0.05, 0.1) is 0 Å². The number of hydrogen-bond acceptors (Lipinski definition) is 2. The molecule has 1 aromatic carbocycles. The van der Waals surface area contributed by atoms with Crippen LogP contribution in [0.25, 0.3) is 0 Å². The fourth-order valence-corrected chi connectivity index (χ4v) is 4.04. The van der Waals surface area contributed by atoms with Gasteiger partial charge in [0.15, 0.2) is 0 Å². The second kappa shape index (κ2) is 6.11. The third-order valence-electron chi connectivity index (χ3n) is 4.36. The van der Waals surface area contributed by atoms with Crippen LogP contribution in [0.2, 0.25) is 0 Å². The summed E-state index contributed by atoms with van der Waals surface area (Å²) < 4.78 is 0. The van der Waals surface area contributed by atoms with E-state index in [1.165, 1.54) is 42.5 Å². The van der Waals surface area contributed by atoms with Crippen LogP contribution in [0, 0.1) is 6.92 Å². The Labute approximate surface area is 125 Å². The lowest BCUT2D eigenvalue weighted by molar-refractivity contribution is 0.224. The van der Waals surface area contributed by atoms with Gasteiger partial charge in [-0.15, -0.1) is 11.3 Å². The SMILES string of the molecule is Cc1ccc(C(O)c2ccc(C3CCCCC3)cc2)s1. The van der Waals surface area contributed by atoms with E-state index in [2.05, 4.69) is 37.3 Å². The van der Waals surface area contributed by atoms with Crippen molar-refractivity contribution in [1.82, 2.24) is 0 Å². The van der Waals surface area contributed by atoms with Gasteiger partial charge in [-0.1, -0.05) is 43.5 Å². The molecule has 1 unspecified atom stereocenters. The summed E-state index contributed by atoms with van der Waals surface area (Å²) in [7, 11) is 0. The van der Waals surface area contributed by atoms with Gasteiger partial charge < -0.3 is 5.11 Å². The first-order valence-corrected chi connectivity index (χ1v) is 8.40. The monoisotopic (exact) mass is 286 g/mol. The topological polar surface area (TPSA) is 20.2 Å². The van der Waals surface area contributed by atoms with E-state index < -0.39 is 6.10 Å². The summed E-state index contributed by atoms with van der Waals surface area (Å²) in [6, 6.07) is 12.7. The first-order valence-electron chi connectivity index (χ1n) is 7.58. The van der Waals surface area contributed by atoms with Crippen molar-refractivity contribution >= 4 is 11.3 Å². The van der Waals surface area contributed by atoms with Crippen LogP contribution in [0.3, 0.4) is 0 Å². The zero-order chi connectivity index (χ0) is 13.9. The molecule has 1 heterocycles. The number of rotatable bonds is 3. The fourth-order valence-electron chi connectivity index (χ4n) is 3.15. The quantitative estimate of drug-likeness (QED) is 0.823. The molecule has 1 aromatic heterocycles. The molecule has 2 heteroatoms. The Morgan fingerprint density at radius 2 is 1.70 bits per heavy atom. The molecule has 0 amide bonds. The second-order valence-corrected chi connectivity index (χ2v) is 7.17. The average molecular weight is 286 g/mol.